The highest BCUT2D eigenvalue weighted by molar-refractivity contribution is 7.80. The molecule has 1 rings (SSSR count). The van der Waals surface area contributed by atoms with Crippen LogP contribution < -0.4 is 5.73 Å². The van der Waals surface area contributed by atoms with Crippen LogP contribution in [0.3, 0.4) is 0 Å². The third-order valence-corrected chi connectivity index (χ3v) is 1.83. The molecule has 1 unspecified atom stereocenters. The van der Waals surface area contributed by atoms with E-state index in [1.807, 2.05) is 13.0 Å². The second kappa shape index (κ2) is 3.39. The molecule has 58 valence electrons. The minimum Gasteiger partial charge on any atom is -0.393 e. The fourth-order valence-corrected chi connectivity index (χ4v) is 0.824. The van der Waals surface area contributed by atoms with E-state index in [1.54, 1.807) is 6.20 Å². The lowest BCUT2D eigenvalue weighted by Crippen LogP contribution is -2.17. The van der Waals surface area contributed by atoms with Gasteiger partial charge in [0.15, 0.2) is 0 Å². The molecule has 1 aromatic heterocycles. The van der Waals surface area contributed by atoms with Crippen molar-refractivity contribution in [1.82, 2.24) is 9.97 Å². The van der Waals surface area contributed by atoms with Gasteiger partial charge in [-0.2, -0.15) is 0 Å². The van der Waals surface area contributed by atoms with Crippen LogP contribution in [0.5, 0.6) is 0 Å². The van der Waals surface area contributed by atoms with Crippen molar-refractivity contribution in [3.05, 3.63) is 24.3 Å². The Hall–Kier alpha value is -1.03. The fourth-order valence-electron chi connectivity index (χ4n) is 0.703. The molecule has 0 fully saturated rings. The lowest BCUT2D eigenvalue weighted by atomic mass is 10.1. The molecule has 1 aromatic rings. The van der Waals surface area contributed by atoms with Gasteiger partial charge < -0.3 is 5.73 Å². The van der Waals surface area contributed by atoms with Gasteiger partial charge in [-0.25, -0.2) is 9.97 Å². The molecule has 0 saturated carbocycles. The van der Waals surface area contributed by atoms with E-state index in [-0.39, 0.29) is 5.92 Å². The number of hydrogen-bond acceptors (Lipinski definition) is 3. The van der Waals surface area contributed by atoms with Crippen molar-refractivity contribution in [2.45, 2.75) is 12.8 Å². The molecule has 0 bridgehead atoms. The summed E-state index contributed by atoms with van der Waals surface area (Å²) in [5.74, 6) is 0.0352. The summed E-state index contributed by atoms with van der Waals surface area (Å²) in [5, 5.41) is 0. The smallest absolute Gasteiger partial charge is 0.115 e. The number of nitrogens with two attached hydrogens (primary N) is 1. The van der Waals surface area contributed by atoms with Gasteiger partial charge in [0.1, 0.15) is 6.33 Å². The van der Waals surface area contributed by atoms with Gasteiger partial charge in [0, 0.05) is 12.1 Å². The highest BCUT2D eigenvalue weighted by Gasteiger charge is 2.07. The molecule has 0 aliphatic rings. The first-order valence-electron chi connectivity index (χ1n) is 3.27. The highest BCUT2D eigenvalue weighted by Crippen LogP contribution is 2.10. The standard InChI is InChI=1S/C7H9N3S/c1-5(7(8)11)6-2-3-9-4-10-6/h2-5H,1H3,(H2,8,11). The molecule has 11 heavy (non-hydrogen) atoms. The fraction of sp³-hybridized carbons (Fsp3) is 0.286. The van der Waals surface area contributed by atoms with Gasteiger partial charge >= 0.3 is 0 Å². The van der Waals surface area contributed by atoms with Crippen molar-refractivity contribution in [3.8, 4) is 0 Å². The third kappa shape index (κ3) is 1.94. The van der Waals surface area contributed by atoms with Crippen LogP contribution in [0.2, 0.25) is 0 Å². The molecule has 1 heterocycles. The maximum Gasteiger partial charge on any atom is 0.115 e. The van der Waals surface area contributed by atoms with Crippen LogP contribution in [0, 0.1) is 0 Å². The van der Waals surface area contributed by atoms with E-state index in [2.05, 4.69) is 9.97 Å². The minimum atomic E-state index is 0.0352. The zero-order valence-electron chi connectivity index (χ0n) is 6.19. The monoisotopic (exact) mass is 167 g/mol. The summed E-state index contributed by atoms with van der Waals surface area (Å²) in [6, 6.07) is 1.81. The maximum absolute atomic E-state index is 5.44. The maximum atomic E-state index is 5.44. The van der Waals surface area contributed by atoms with Crippen molar-refractivity contribution < 1.29 is 0 Å². The van der Waals surface area contributed by atoms with Gasteiger partial charge in [-0.1, -0.05) is 19.1 Å². The van der Waals surface area contributed by atoms with Crippen LogP contribution in [0.4, 0.5) is 0 Å². The Morgan fingerprint density at radius 3 is 2.91 bits per heavy atom. The zero-order valence-corrected chi connectivity index (χ0v) is 7.01. The first-order chi connectivity index (χ1) is 5.22. The molecule has 1 atom stereocenters. The third-order valence-electron chi connectivity index (χ3n) is 1.48. The second-order valence-corrected chi connectivity index (χ2v) is 2.73. The van der Waals surface area contributed by atoms with Crippen LogP contribution in [-0.4, -0.2) is 15.0 Å². The Morgan fingerprint density at radius 1 is 1.73 bits per heavy atom. The number of aromatic nitrogens is 2. The van der Waals surface area contributed by atoms with Crippen molar-refractivity contribution >= 4 is 17.2 Å². The lowest BCUT2D eigenvalue weighted by Gasteiger charge is -2.06. The Labute approximate surface area is 70.7 Å². The minimum absolute atomic E-state index is 0.0352. The van der Waals surface area contributed by atoms with Crippen molar-refractivity contribution in [2.75, 3.05) is 0 Å². The largest absolute Gasteiger partial charge is 0.393 e. The van der Waals surface area contributed by atoms with Crippen molar-refractivity contribution in [1.29, 1.82) is 0 Å². The summed E-state index contributed by atoms with van der Waals surface area (Å²) in [4.78, 5) is 8.27. The van der Waals surface area contributed by atoms with E-state index in [4.69, 9.17) is 18.0 Å². The summed E-state index contributed by atoms with van der Waals surface area (Å²) >= 11 is 4.82. The van der Waals surface area contributed by atoms with E-state index in [0.717, 1.165) is 5.69 Å². The van der Waals surface area contributed by atoms with E-state index >= 15 is 0 Å². The number of rotatable bonds is 2. The average Bonchev–Trinajstić information content (AvgIpc) is 2.05. The van der Waals surface area contributed by atoms with E-state index in [1.165, 1.54) is 6.33 Å². The Bertz CT molecular complexity index is 247. The summed E-state index contributed by atoms with van der Waals surface area (Å²) in [6.45, 7) is 1.92. The molecule has 0 spiro atoms. The van der Waals surface area contributed by atoms with Gasteiger partial charge in [-0.3, -0.25) is 0 Å². The summed E-state index contributed by atoms with van der Waals surface area (Å²) in [7, 11) is 0. The Balaban J connectivity index is 2.85. The predicted molar refractivity (Wildman–Crippen MR) is 47.2 cm³/mol. The van der Waals surface area contributed by atoms with Gasteiger partial charge in [0.25, 0.3) is 0 Å². The van der Waals surface area contributed by atoms with E-state index in [0.29, 0.717) is 4.99 Å². The number of hydrogen-bond donors (Lipinski definition) is 1. The molecule has 4 heteroatoms. The van der Waals surface area contributed by atoms with Crippen LogP contribution >= 0.6 is 12.2 Å². The quantitative estimate of drug-likeness (QED) is 0.664. The van der Waals surface area contributed by atoms with Gasteiger partial charge in [-0.05, 0) is 6.07 Å². The lowest BCUT2D eigenvalue weighted by molar-refractivity contribution is 0.933. The summed E-state index contributed by atoms with van der Waals surface area (Å²) < 4.78 is 0. The topological polar surface area (TPSA) is 51.8 Å². The molecule has 0 amide bonds. The SMILES string of the molecule is CC(C(N)=S)c1ccncn1. The first-order valence-corrected chi connectivity index (χ1v) is 3.68. The van der Waals surface area contributed by atoms with Crippen molar-refractivity contribution in [2.24, 2.45) is 5.73 Å². The molecule has 0 radical (unpaired) electrons. The molecule has 0 aromatic carbocycles. The molecule has 3 nitrogen and oxygen atoms in total. The van der Waals surface area contributed by atoms with Crippen molar-refractivity contribution in [3.63, 3.8) is 0 Å². The second-order valence-electron chi connectivity index (χ2n) is 2.26. The number of thiocarbonyl (C=S) groups is 1. The molecular weight excluding hydrogens is 158 g/mol. The molecular formula is C7H9N3S. The molecule has 0 aliphatic carbocycles. The first kappa shape index (κ1) is 8.07. The Morgan fingerprint density at radius 2 is 2.45 bits per heavy atom. The Kier molecular flexibility index (Phi) is 2.48. The zero-order chi connectivity index (χ0) is 8.27. The van der Waals surface area contributed by atoms with E-state index < -0.39 is 0 Å². The van der Waals surface area contributed by atoms with Crippen LogP contribution in [0.25, 0.3) is 0 Å². The average molecular weight is 167 g/mol. The van der Waals surface area contributed by atoms with Gasteiger partial charge in [0.05, 0.1) is 10.7 Å². The summed E-state index contributed by atoms with van der Waals surface area (Å²) in [6.07, 6.45) is 3.17. The van der Waals surface area contributed by atoms with Crippen LogP contribution in [0.15, 0.2) is 18.6 Å². The molecule has 0 saturated heterocycles. The van der Waals surface area contributed by atoms with Gasteiger partial charge in [0.2, 0.25) is 0 Å². The normalized spacial score (nSPS) is 12.5. The summed E-state index contributed by atoms with van der Waals surface area (Å²) in [5.41, 5.74) is 6.31. The molecule has 2 N–H and O–H groups in total. The van der Waals surface area contributed by atoms with Gasteiger partial charge in [-0.15, -0.1) is 0 Å². The van der Waals surface area contributed by atoms with Crippen LogP contribution in [-0.2, 0) is 0 Å². The highest BCUT2D eigenvalue weighted by atomic mass is 32.1. The predicted octanol–water partition coefficient (Wildman–Crippen LogP) is 0.866. The molecule has 0 aliphatic heterocycles. The van der Waals surface area contributed by atoms with Crippen LogP contribution in [0.1, 0.15) is 18.5 Å². The van der Waals surface area contributed by atoms with E-state index in [9.17, 15) is 0 Å². The number of nitrogens with zero attached hydrogens (tertiary/aromatic N) is 2.